The van der Waals surface area contributed by atoms with Gasteiger partial charge in [0, 0.05) is 6.21 Å². The third-order valence-corrected chi connectivity index (χ3v) is 1.26. The fraction of sp³-hybridized carbons (Fsp3) is 0.111. The number of nitrogens with one attached hydrogen (secondary N) is 1. The van der Waals surface area contributed by atoms with Crippen LogP contribution in [-0.4, -0.2) is 12.1 Å². The average molecular weight is 178 g/mol. The fourth-order valence-electron chi connectivity index (χ4n) is 0.688. The molecule has 0 aliphatic heterocycles. The summed E-state index contributed by atoms with van der Waals surface area (Å²) >= 11 is 0. The van der Waals surface area contributed by atoms with E-state index in [1.165, 1.54) is 12.5 Å². The Bertz CT molecular complexity index is 312. The van der Waals surface area contributed by atoms with Crippen LogP contribution in [-0.2, 0) is 0 Å². The van der Waals surface area contributed by atoms with Crippen molar-refractivity contribution in [3.63, 3.8) is 0 Å². The molecule has 1 aromatic heterocycles. The standard InChI is InChI=1S/C9H10N2O2/c1-2-3-6-10-11-9(12)8-5-4-7-13-8/h2-7H,1H3,(H,11,12)/b3-2+,10-6+. The van der Waals surface area contributed by atoms with Crippen molar-refractivity contribution in [2.45, 2.75) is 6.92 Å². The van der Waals surface area contributed by atoms with E-state index >= 15 is 0 Å². The SMILES string of the molecule is C/C=C/C=N/NC(=O)c1ccco1. The van der Waals surface area contributed by atoms with E-state index in [4.69, 9.17) is 4.42 Å². The summed E-state index contributed by atoms with van der Waals surface area (Å²) in [6.45, 7) is 1.86. The molecule has 0 spiro atoms. The zero-order valence-corrected chi connectivity index (χ0v) is 7.23. The summed E-state index contributed by atoms with van der Waals surface area (Å²) in [6.07, 6.45) is 6.44. The number of carbonyl (C=O) groups excluding carboxylic acids is 1. The quantitative estimate of drug-likeness (QED) is 0.564. The van der Waals surface area contributed by atoms with Crippen LogP contribution < -0.4 is 5.43 Å². The number of nitrogens with zero attached hydrogens (tertiary/aromatic N) is 1. The van der Waals surface area contributed by atoms with Crippen molar-refractivity contribution in [2.75, 3.05) is 0 Å². The Kier molecular flexibility index (Phi) is 3.50. The lowest BCUT2D eigenvalue weighted by molar-refractivity contribution is 0.0927. The molecule has 1 rings (SSSR count). The first kappa shape index (κ1) is 9.25. The highest BCUT2D eigenvalue weighted by Crippen LogP contribution is 1.98. The average Bonchev–Trinajstić information content (AvgIpc) is 2.65. The van der Waals surface area contributed by atoms with Crippen LogP contribution in [0.5, 0.6) is 0 Å². The van der Waals surface area contributed by atoms with Crippen molar-refractivity contribution in [3.8, 4) is 0 Å². The fourth-order valence-corrected chi connectivity index (χ4v) is 0.688. The van der Waals surface area contributed by atoms with E-state index in [9.17, 15) is 4.79 Å². The van der Waals surface area contributed by atoms with E-state index in [-0.39, 0.29) is 11.7 Å². The van der Waals surface area contributed by atoms with Crippen LogP contribution in [0.2, 0.25) is 0 Å². The normalized spacial score (nSPS) is 11.2. The highest BCUT2D eigenvalue weighted by atomic mass is 16.3. The van der Waals surface area contributed by atoms with Crippen molar-refractivity contribution in [2.24, 2.45) is 5.10 Å². The monoisotopic (exact) mass is 178 g/mol. The van der Waals surface area contributed by atoms with Gasteiger partial charge >= 0.3 is 5.91 Å². The van der Waals surface area contributed by atoms with Gasteiger partial charge in [-0.05, 0) is 25.1 Å². The van der Waals surface area contributed by atoms with Crippen molar-refractivity contribution < 1.29 is 9.21 Å². The Morgan fingerprint density at radius 1 is 1.69 bits per heavy atom. The van der Waals surface area contributed by atoms with E-state index in [1.807, 2.05) is 13.0 Å². The number of hydrogen-bond donors (Lipinski definition) is 1. The Labute approximate surface area is 75.9 Å². The highest BCUT2D eigenvalue weighted by Gasteiger charge is 2.05. The van der Waals surface area contributed by atoms with E-state index in [1.54, 1.807) is 18.2 Å². The molecule has 0 saturated heterocycles. The number of rotatable bonds is 3. The molecular weight excluding hydrogens is 168 g/mol. The Morgan fingerprint density at radius 2 is 2.54 bits per heavy atom. The zero-order chi connectivity index (χ0) is 9.52. The lowest BCUT2D eigenvalue weighted by atomic mass is 10.4. The van der Waals surface area contributed by atoms with E-state index in [0.29, 0.717) is 0 Å². The first-order valence-corrected chi connectivity index (χ1v) is 3.83. The van der Waals surface area contributed by atoms with Crippen LogP contribution in [0.4, 0.5) is 0 Å². The van der Waals surface area contributed by atoms with Gasteiger partial charge in [0.1, 0.15) is 0 Å². The molecule has 4 nitrogen and oxygen atoms in total. The number of amides is 1. The summed E-state index contributed by atoms with van der Waals surface area (Å²) in [5, 5.41) is 3.65. The van der Waals surface area contributed by atoms with Crippen molar-refractivity contribution in [1.82, 2.24) is 5.43 Å². The van der Waals surface area contributed by atoms with Gasteiger partial charge in [0.05, 0.1) is 6.26 Å². The maximum atomic E-state index is 11.1. The van der Waals surface area contributed by atoms with Gasteiger partial charge in [0.15, 0.2) is 5.76 Å². The largest absolute Gasteiger partial charge is 0.459 e. The Morgan fingerprint density at radius 3 is 3.15 bits per heavy atom. The summed E-state index contributed by atoms with van der Waals surface area (Å²) in [7, 11) is 0. The number of hydrazone groups is 1. The molecule has 1 N–H and O–H groups in total. The van der Waals surface area contributed by atoms with Gasteiger partial charge in [-0.15, -0.1) is 0 Å². The molecule has 0 radical (unpaired) electrons. The van der Waals surface area contributed by atoms with Crippen LogP contribution in [0.25, 0.3) is 0 Å². The number of carbonyl (C=O) groups is 1. The minimum Gasteiger partial charge on any atom is -0.459 e. The first-order valence-electron chi connectivity index (χ1n) is 3.83. The smallest absolute Gasteiger partial charge is 0.307 e. The topological polar surface area (TPSA) is 54.6 Å². The summed E-state index contributed by atoms with van der Waals surface area (Å²) in [5.41, 5.74) is 2.31. The zero-order valence-electron chi connectivity index (χ0n) is 7.23. The van der Waals surface area contributed by atoms with E-state index in [0.717, 1.165) is 0 Å². The lowest BCUT2D eigenvalue weighted by Gasteiger charge is -1.92. The van der Waals surface area contributed by atoms with Gasteiger partial charge in [-0.1, -0.05) is 6.08 Å². The molecule has 0 saturated carbocycles. The third-order valence-electron chi connectivity index (χ3n) is 1.26. The van der Waals surface area contributed by atoms with Crippen LogP contribution in [0, 0.1) is 0 Å². The Balaban J connectivity index is 2.43. The van der Waals surface area contributed by atoms with Gasteiger partial charge in [-0.25, -0.2) is 5.43 Å². The maximum absolute atomic E-state index is 11.1. The second-order valence-corrected chi connectivity index (χ2v) is 2.22. The predicted molar refractivity (Wildman–Crippen MR) is 49.5 cm³/mol. The Hall–Kier alpha value is -1.84. The lowest BCUT2D eigenvalue weighted by Crippen LogP contribution is -2.16. The van der Waals surface area contributed by atoms with Gasteiger partial charge in [0.25, 0.3) is 0 Å². The molecule has 0 unspecified atom stereocenters. The van der Waals surface area contributed by atoms with E-state index < -0.39 is 0 Å². The minimum absolute atomic E-state index is 0.248. The number of allylic oxidation sites excluding steroid dienone is 2. The molecule has 1 aromatic rings. The first-order chi connectivity index (χ1) is 6.34. The molecular formula is C9H10N2O2. The molecule has 13 heavy (non-hydrogen) atoms. The van der Waals surface area contributed by atoms with Gasteiger partial charge in [0.2, 0.25) is 0 Å². The van der Waals surface area contributed by atoms with Crippen LogP contribution in [0.3, 0.4) is 0 Å². The molecule has 0 aliphatic rings. The molecule has 0 fully saturated rings. The van der Waals surface area contributed by atoms with Crippen molar-refractivity contribution in [1.29, 1.82) is 0 Å². The number of furan rings is 1. The molecule has 1 amide bonds. The van der Waals surface area contributed by atoms with Crippen LogP contribution >= 0.6 is 0 Å². The molecule has 1 heterocycles. The molecule has 0 aliphatic carbocycles. The summed E-state index contributed by atoms with van der Waals surface area (Å²) in [5.74, 6) is -0.108. The van der Waals surface area contributed by atoms with Crippen LogP contribution in [0.15, 0.2) is 40.1 Å². The second-order valence-electron chi connectivity index (χ2n) is 2.22. The molecule has 4 heteroatoms. The number of hydrogen-bond acceptors (Lipinski definition) is 3. The third kappa shape index (κ3) is 2.94. The highest BCUT2D eigenvalue weighted by molar-refractivity contribution is 5.91. The van der Waals surface area contributed by atoms with E-state index in [2.05, 4.69) is 10.5 Å². The molecule has 0 bridgehead atoms. The molecule has 68 valence electrons. The predicted octanol–water partition coefficient (Wildman–Crippen LogP) is 1.57. The summed E-state index contributed by atoms with van der Waals surface area (Å²) in [4.78, 5) is 11.1. The summed E-state index contributed by atoms with van der Waals surface area (Å²) in [6, 6.07) is 3.21. The van der Waals surface area contributed by atoms with Gasteiger partial charge in [-0.2, -0.15) is 5.10 Å². The van der Waals surface area contributed by atoms with Crippen LogP contribution in [0.1, 0.15) is 17.5 Å². The van der Waals surface area contributed by atoms with Crippen molar-refractivity contribution >= 4 is 12.1 Å². The second kappa shape index (κ2) is 4.92. The maximum Gasteiger partial charge on any atom is 0.307 e. The van der Waals surface area contributed by atoms with Gasteiger partial charge in [-0.3, -0.25) is 4.79 Å². The molecule has 0 atom stereocenters. The van der Waals surface area contributed by atoms with Crippen molar-refractivity contribution in [3.05, 3.63) is 36.3 Å². The summed E-state index contributed by atoms with van der Waals surface area (Å²) < 4.78 is 4.85. The van der Waals surface area contributed by atoms with Gasteiger partial charge < -0.3 is 4.42 Å². The minimum atomic E-state index is -0.356. The molecule has 0 aromatic carbocycles.